The first-order chi connectivity index (χ1) is 11.4. The molecule has 0 aliphatic heterocycles. The monoisotopic (exact) mass is 325 g/mol. The summed E-state index contributed by atoms with van der Waals surface area (Å²) in [6.45, 7) is 6.85. The Labute approximate surface area is 144 Å². The van der Waals surface area contributed by atoms with Crippen LogP contribution < -0.4 is 5.32 Å². The van der Waals surface area contributed by atoms with E-state index < -0.39 is 0 Å². The highest BCUT2D eigenvalue weighted by Gasteiger charge is 2.08. The van der Waals surface area contributed by atoms with Crippen LogP contribution in [0.2, 0.25) is 0 Å². The van der Waals surface area contributed by atoms with Gasteiger partial charge in [0.1, 0.15) is 0 Å². The molecule has 0 saturated carbocycles. The molecule has 0 saturated heterocycles. The van der Waals surface area contributed by atoms with Gasteiger partial charge in [0.15, 0.2) is 11.6 Å². The zero-order chi connectivity index (χ0) is 18.1. The summed E-state index contributed by atoms with van der Waals surface area (Å²) in [5, 5.41) is 5.69. The minimum Gasteiger partial charge on any atom is -0.388 e. The predicted molar refractivity (Wildman–Crippen MR) is 102 cm³/mol. The molecule has 2 aromatic carbocycles. The first-order valence-corrected chi connectivity index (χ1v) is 8.28. The van der Waals surface area contributed by atoms with Crippen molar-refractivity contribution in [3.05, 3.63) is 53.6 Å². The zero-order valence-electron chi connectivity index (χ0n) is 15.3. The van der Waals surface area contributed by atoms with E-state index in [0.29, 0.717) is 17.6 Å². The number of fused-ring (bicyclic) bond motifs is 1. The summed E-state index contributed by atoms with van der Waals surface area (Å²) >= 11 is 0. The first-order valence-electron chi connectivity index (χ1n) is 8.28. The first kappa shape index (κ1) is 19.6. The van der Waals surface area contributed by atoms with Crippen molar-refractivity contribution < 1.29 is 9.59 Å². The van der Waals surface area contributed by atoms with Crippen LogP contribution in [-0.2, 0) is 9.59 Å². The van der Waals surface area contributed by atoms with Crippen molar-refractivity contribution in [2.24, 2.45) is 0 Å². The second-order valence-electron chi connectivity index (χ2n) is 5.79. The average Bonchev–Trinajstić information content (AvgIpc) is 2.60. The Balaban J connectivity index is 0.000000240. The van der Waals surface area contributed by atoms with Gasteiger partial charge >= 0.3 is 0 Å². The van der Waals surface area contributed by atoms with Crippen molar-refractivity contribution in [2.75, 3.05) is 12.4 Å². The van der Waals surface area contributed by atoms with Gasteiger partial charge in [0.25, 0.3) is 0 Å². The Hall–Kier alpha value is -2.42. The zero-order valence-corrected chi connectivity index (χ0v) is 15.3. The number of rotatable bonds is 5. The molecule has 0 unspecified atom stereocenters. The highest BCUT2D eigenvalue weighted by molar-refractivity contribution is 6.04. The van der Waals surface area contributed by atoms with Gasteiger partial charge < -0.3 is 5.32 Å². The van der Waals surface area contributed by atoms with Crippen molar-refractivity contribution in [3.8, 4) is 0 Å². The van der Waals surface area contributed by atoms with Crippen LogP contribution in [0, 0.1) is 0 Å². The maximum absolute atomic E-state index is 11.3. The van der Waals surface area contributed by atoms with Crippen LogP contribution in [0.25, 0.3) is 10.8 Å². The van der Waals surface area contributed by atoms with Gasteiger partial charge in [-0.3, -0.25) is 9.59 Å². The molecule has 0 fully saturated rings. The van der Waals surface area contributed by atoms with Crippen molar-refractivity contribution in [3.63, 3.8) is 0 Å². The minimum absolute atomic E-state index is 0.0167. The summed E-state index contributed by atoms with van der Waals surface area (Å²) in [7, 11) is 1.93. The van der Waals surface area contributed by atoms with Crippen molar-refractivity contribution in [1.82, 2.24) is 0 Å². The molecular formula is C21H27NO2. The fraction of sp³-hybridized carbons (Fsp3) is 0.333. The Morgan fingerprint density at radius 2 is 1.54 bits per heavy atom. The lowest BCUT2D eigenvalue weighted by molar-refractivity contribution is -0.117. The molecule has 3 nitrogen and oxygen atoms in total. The molecule has 2 rings (SSSR count). The number of hydrogen-bond donors (Lipinski definition) is 1. The molecule has 0 heterocycles. The lowest BCUT2D eigenvalue weighted by atomic mass is 10.0. The molecule has 2 aromatic rings. The van der Waals surface area contributed by atoms with Gasteiger partial charge in [-0.25, -0.2) is 0 Å². The number of carbonyl (C=O) groups excluding carboxylic acids is 2. The molecule has 0 spiro atoms. The van der Waals surface area contributed by atoms with Crippen molar-refractivity contribution in [2.45, 2.75) is 40.5 Å². The smallest absolute Gasteiger partial charge is 0.158 e. The molecule has 24 heavy (non-hydrogen) atoms. The van der Waals surface area contributed by atoms with Gasteiger partial charge in [-0.2, -0.15) is 0 Å². The van der Waals surface area contributed by atoms with Crippen LogP contribution in [0.4, 0.5) is 5.69 Å². The third-order valence-corrected chi connectivity index (χ3v) is 4.02. The van der Waals surface area contributed by atoms with Gasteiger partial charge in [-0.15, -0.1) is 0 Å². The van der Waals surface area contributed by atoms with Crippen LogP contribution in [-0.4, -0.2) is 18.6 Å². The molecule has 0 bridgehead atoms. The Kier molecular flexibility index (Phi) is 7.90. The number of benzene rings is 2. The van der Waals surface area contributed by atoms with Gasteiger partial charge in [-0.1, -0.05) is 37.3 Å². The standard InChI is InChI=1S/C11H11N.C10H16O2/c1-12-11-7-6-9-4-2-3-5-10(9)8-11;1-5-6-10(12)8(3)7(2)9(4)11/h2-8,12H,1H3;5-6H2,1-4H3/b;8-7-. The lowest BCUT2D eigenvalue weighted by Crippen LogP contribution is -2.05. The Morgan fingerprint density at radius 1 is 0.917 bits per heavy atom. The van der Waals surface area contributed by atoms with Crippen LogP contribution in [0.5, 0.6) is 0 Å². The Morgan fingerprint density at radius 3 is 2.08 bits per heavy atom. The van der Waals surface area contributed by atoms with Crippen LogP contribution in [0.1, 0.15) is 40.5 Å². The summed E-state index contributed by atoms with van der Waals surface area (Å²) in [5.41, 5.74) is 2.37. The number of ketones is 2. The quantitative estimate of drug-likeness (QED) is 0.772. The van der Waals surface area contributed by atoms with Crippen LogP contribution >= 0.6 is 0 Å². The number of hydrogen-bond acceptors (Lipinski definition) is 3. The van der Waals surface area contributed by atoms with Gasteiger partial charge in [0.2, 0.25) is 0 Å². The minimum atomic E-state index is -0.0167. The molecule has 128 valence electrons. The van der Waals surface area contributed by atoms with E-state index in [4.69, 9.17) is 0 Å². The van der Waals surface area contributed by atoms with Gasteiger partial charge in [0.05, 0.1) is 0 Å². The van der Waals surface area contributed by atoms with Crippen LogP contribution in [0.3, 0.4) is 0 Å². The van der Waals surface area contributed by atoms with E-state index >= 15 is 0 Å². The molecule has 0 aliphatic rings. The third-order valence-electron chi connectivity index (χ3n) is 4.02. The van der Waals surface area contributed by atoms with E-state index in [1.807, 2.05) is 14.0 Å². The normalized spacial score (nSPS) is 11.2. The number of anilines is 1. The summed E-state index contributed by atoms with van der Waals surface area (Å²) in [6.07, 6.45) is 1.37. The van der Waals surface area contributed by atoms with Crippen LogP contribution in [0.15, 0.2) is 53.6 Å². The molecular weight excluding hydrogens is 298 g/mol. The molecule has 0 aliphatic carbocycles. The summed E-state index contributed by atoms with van der Waals surface area (Å²) in [5.74, 6) is 0.0714. The van der Waals surface area contributed by atoms with Gasteiger partial charge in [0, 0.05) is 19.2 Å². The highest BCUT2D eigenvalue weighted by atomic mass is 16.1. The van der Waals surface area contributed by atoms with E-state index in [-0.39, 0.29) is 11.6 Å². The summed E-state index contributed by atoms with van der Waals surface area (Å²) in [6, 6.07) is 14.7. The third kappa shape index (κ3) is 5.65. The average molecular weight is 325 g/mol. The molecule has 0 aromatic heterocycles. The largest absolute Gasteiger partial charge is 0.388 e. The maximum atomic E-state index is 11.3. The van der Waals surface area contributed by atoms with E-state index in [1.165, 1.54) is 17.7 Å². The summed E-state index contributed by atoms with van der Waals surface area (Å²) in [4.78, 5) is 22.2. The second-order valence-corrected chi connectivity index (χ2v) is 5.79. The maximum Gasteiger partial charge on any atom is 0.158 e. The lowest BCUT2D eigenvalue weighted by Gasteiger charge is -2.02. The number of carbonyl (C=O) groups is 2. The van der Waals surface area contributed by atoms with Crippen molar-refractivity contribution in [1.29, 1.82) is 0 Å². The number of Topliss-reactive ketones (excluding diaryl/α,β-unsaturated/α-hetero) is 2. The molecule has 0 amide bonds. The SMILES string of the molecule is CCCC(=O)/C(C)=C(/C)C(C)=O.CNc1ccc2ccccc2c1. The Bertz CT molecular complexity index is 744. The number of nitrogens with one attached hydrogen (secondary N) is 1. The van der Waals surface area contributed by atoms with E-state index in [0.717, 1.165) is 12.1 Å². The molecule has 3 heteroatoms. The van der Waals surface area contributed by atoms with Crippen molar-refractivity contribution >= 4 is 28.0 Å². The molecule has 1 N–H and O–H groups in total. The topological polar surface area (TPSA) is 46.2 Å². The van der Waals surface area contributed by atoms with E-state index in [1.54, 1.807) is 13.8 Å². The number of allylic oxidation sites excluding steroid dienone is 2. The highest BCUT2D eigenvalue weighted by Crippen LogP contribution is 2.17. The molecule has 0 atom stereocenters. The fourth-order valence-electron chi connectivity index (χ4n) is 2.23. The van der Waals surface area contributed by atoms with E-state index in [9.17, 15) is 9.59 Å². The fourth-order valence-corrected chi connectivity index (χ4v) is 2.23. The van der Waals surface area contributed by atoms with E-state index in [2.05, 4.69) is 47.8 Å². The summed E-state index contributed by atoms with van der Waals surface area (Å²) < 4.78 is 0. The second kappa shape index (κ2) is 9.66. The van der Waals surface area contributed by atoms with Gasteiger partial charge in [-0.05, 0) is 61.2 Å². The predicted octanol–water partition coefficient (Wildman–Crippen LogP) is 5.16. The molecule has 0 radical (unpaired) electrons.